The molecule has 2 aromatic heterocycles. The van der Waals surface area contributed by atoms with Crippen molar-refractivity contribution in [1.82, 2.24) is 9.97 Å². The van der Waals surface area contributed by atoms with Crippen LogP contribution in [0.1, 0.15) is 23.0 Å². The van der Waals surface area contributed by atoms with E-state index in [2.05, 4.69) is 15.3 Å². The predicted octanol–water partition coefficient (Wildman–Crippen LogP) is 2.68. The molecule has 0 saturated heterocycles. The number of aryl methyl sites for hydroxylation is 1. The van der Waals surface area contributed by atoms with Gasteiger partial charge in [-0.15, -0.1) is 11.3 Å². The summed E-state index contributed by atoms with van der Waals surface area (Å²) >= 11 is 7.09. The number of hydrogen-bond acceptors (Lipinski definition) is 6. The third-order valence-corrected chi connectivity index (χ3v) is 3.66. The maximum atomic E-state index is 11.9. The number of halogens is 1. The molecule has 6 nitrogen and oxygen atoms in total. The van der Waals surface area contributed by atoms with Gasteiger partial charge in [-0.3, -0.25) is 10.1 Å². The summed E-state index contributed by atoms with van der Waals surface area (Å²) in [5.41, 5.74) is 0.922. The SMILES string of the molecule is Cc1csc(NC(=O)C(C)OC(=O)c2cccnc2Cl)n1. The lowest BCUT2D eigenvalue weighted by Crippen LogP contribution is -2.30. The minimum Gasteiger partial charge on any atom is -0.449 e. The first kappa shape index (κ1) is 15.4. The number of rotatable bonds is 4. The Morgan fingerprint density at radius 1 is 1.48 bits per heavy atom. The first-order chi connectivity index (χ1) is 9.97. The lowest BCUT2D eigenvalue weighted by Gasteiger charge is -2.12. The van der Waals surface area contributed by atoms with Crippen molar-refractivity contribution >= 4 is 39.9 Å². The van der Waals surface area contributed by atoms with E-state index in [1.54, 1.807) is 6.07 Å². The zero-order valence-electron chi connectivity index (χ0n) is 11.3. The van der Waals surface area contributed by atoms with Crippen LogP contribution in [0.25, 0.3) is 0 Å². The van der Waals surface area contributed by atoms with E-state index in [0.29, 0.717) is 5.13 Å². The molecule has 2 aromatic rings. The molecule has 0 aliphatic carbocycles. The Labute approximate surface area is 130 Å². The number of aromatic nitrogens is 2. The van der Waals surface area contributed by atoms with Crippen molar-refractivity contribution < 1.29 is 14.3 Å². The second-order valence-corrected chi connectivity index (χ2v) is 5.39. The number of ether oxygens (including phenoxy) is 1. The van der Waals surface area contributed by atoms with E-state index in [-0.39, 0.29) is 10.7 Å². The van der Waals surface area contributed by atoms with Gasteiger partial charge in [0.25, 0.3) is 5.91 Å². The number of pyridine rings is 1. The number of nitrogens with zero attached hydrogens (tertiary/aromatic N) is 2. The molecule has 8 heteroatoms. The summed E-state index contributed by atoms with van der Waals surface area (Å²) in [4.78, 5) is 31.7. The highest BCUT2D eigenvalue weighted by molar-refractivity contribution is 7.13. The topological polar surface area (TPSA) is 81.2 Å². The number of amides is 1. The van der Waals surface area contributed by atoms with Crippen LogP contribution in [0.15, 0.2) is 23.7 Å². The van der Waals surface area contributed by atoms with Crippen LogP contribution in [0.2, 0.25) is 5.15 Å². The molecule has 0 fully saturated rings. The highest BCUT2D eigenvalue weighted by atomic mass is 35.5. The molecule has 0 aliphatic rings. The molecule has 21 heavy (non-hydrogen) atoms. The third kappa shape index (κ3) is 3.99. The molecule has 0 saturated carbocycles. The van der Waals surface area contributed by atoms with Crippen molar-refractivity contribution in [2.45, 2.75) is 20.0 Å². The average Bonchev–Trinajstić information content (AvgIpc) is 2.84. The Balaban J connectivity index is 1.97. The standard InChI is InChI=1S/C13H12ClN3O3S/c1-7-6-21-13(16-7)17-11(18)8(2)20-12(19)9-4-3-5-15-10(9)14/h3-6,8H,1-2H3,(H,16,17,18). The minimum atomic E-state index is -0.974. The predicted molar refractivity (Wildman–Crippen MR) is 79.6 cm³/mol. The van der Waals surface area contributed by atoms with E-state index in [0.717, 1.165) is 5.69 Å². The van der Waals surface area contributed by atoms with Crippen LogP contribution in [-0.2, 0) is 9.53 Å². The zero-order valence-corrected chi connectivity index (χ0v) is 12.9. The molecule has 2 heterocycles. The van der Waals surface area contributed by atoms with Crippen molar-refractivity contribution in [3.63, 3.8) is 0 Å². The average molecular weight is 326 g/mol. The molecule has 1 atom stereocenters. The highest BCUT2D eigenvalue weighted by Crippen LogP contribution is 2.16. The van der Waals surface area contributed by atoms with Crippen molar-refractivity contribution in [2.24, 2.45) is 0 Å². The Kier molecular flexibility index (Phi) is 4.87. The van der Waals surface area contributed by atoms with E-state index in [1.807, 2.05) is 12.3 Å². The van der Waals surface area contributed by atoms with Crippen molar-refractivity contribution in [1.29, 1.82) is 0 Å². The van der Waals surface area contributed by atoms with Gasteiger partial charge in [0.05, 0.1) is 11.3 Å². The summed E-state index contributed by atoms with van der Waals surface area (Å²) < 4.78 is 5.06. The molecule has 0 aliphatic heterocycles. The number of thiazole rings is 1. The van der Waals surface area contributed by atoms with Crippen LogP contribution in [0.5, 0.6) is 0 Å². The van der Waals surface area contributed by atoms with Gasteiger partial charge in [-0.05, 0) is 26.0 Å². The summed E-state index contributed by atoms with van der Waals surface area (Å²) in [5, 5.41) is 4.88. The summed E-state index contributed by atoms with van der Waals surface area (Å²) in [6.45, 7) is 3.29. The van der Waals surface area contributed by atoms with E-state index in [1.165, 1.54) is 30.5 Å². The van der Waals surface area contributed by atoms with Gasteiger partial charge in [-0.25, -0.2) is 14.8 Å². The van der Waals surface area contributed by atoms with Crippen molar-refractivity contribution in [3.05, 3.63) is 40.1 Å². The smallest absolute Gasteiger partial charge is 0.342 e. The summed E-state index contributed by atoms with van der Waals surface area (Å²) in [7, 11) is 0. The number of anilines is 1. The van der Waals surface area contributed by atoms with Crippen LogP contribution in [0.4, 0.5) is 5.13 Å². The third-order valence-electron chi connectivity index (χ3n) is 2.48. The number of carbonyl (C=O) groups excluding carboxylic acids is 2. The van der Waals surface area contributed by atoms with Gasteiger partial charge in [0, 0.05) is 11.6 Å². The van der Waals surface area contributed by atoms with Gasteiger partial charge in [0.2, 0.25) is 0 Å². The van der Waals surface area contributed by atoms with Gasteiger partial charge in [0.15, 0.2) is 11.2 Å². The fourth-order valence-electron chi connectivity index (χ4n) is 1.43. The maximum Gasteiger partial charge on any atom is 0.342 e. The van der Waals surface area contributed by atoms with Crippen molar-refractivity contribution in [2.75, 3.05) is 5.32 Å². The van der Waals surface area contributed by atoms with Crippen LogP contribution in [-0.4, -0.2) is 27.9 Å². The van der Waals surface area contributed by atoms with Crippen molar-refractivity contribution in [3.8, 4) is 0 Å². The molecule has 1 amide bonds. The summed E-state index contributed by atoms with van der Waals surface area (Å²) in [5.74, 6) is -1.16. The molecule has 1 unspecified atom stereocenters. The Hall–Kier alpha value is -1.99. The first-order valence-corrected chi connectivity index (χ1v) is 7.27. The minimum absolute atomic E-state index is 0.0330. The molecule has 0 bridgehead atoms. The lowest BCUT2D eigenvalue weighted by molar-refractivity contribution is -0.123. The highest BCUT2D eigenvalue weighted by Gasteiger charge is 2.21. The number of hydrogen-bond donors (Lipinski definition) is 1. The van der Waals surface area contributed by atoms with Gasteiger partial charge in [-0.2, -0.15) is 0 Å². The van der Waals surface area contributed by atoms with E-state index < -0.39 is 18.0 Å². The van der Waals surface area contributed by atoms with Crippen LogP contribution < -0.4 is 5.32 Å². The largest absolute Gasteiger partial charge is 0.449 e. The quantitative estimate of drug-likeness (QED) is 0.690. The van der Waals surface area contributed by atoms with Gasteiger partial charge >= 0.3 is 5.97 Å². The maximum absolute atomic E-state index is 11.9. The molecule has 0 radical (unpaired) electrons. The number of carbonyl (C=O) groups is 2. The van der Waals surface area contributed by atoms with Gasteiger partial charge < -0.3 is 4.74 Å². The van der Waals surface area contributed by atoms with Gasteiger partial charge in [-0.1, -0.05) is 11.6 Å². The Morgan fingerprint density at radius 2 is 2.24 bits per heavy atom. The molecule has 0 spiro atoms. The van der Waals surface area contributed by atoms with E-state index in [9.17, 15) is 9.59 Å². The van der Waals surface area contributed by atoms with Crippen LogP contribution in [0.3, 0.4) is 0 Å². The van der Waals surface area contributed by atoms with E-state index in [4.69, 9.17) is 16.3 Å². The number of esters is 1. The lowest BCUT2D eigenvalue weighted by atomic mass is 10.3. The van der Waals surface area contributed by atoms with Gasteiger partial charge in [0.1, 0.15) is 5.15 Å². The molecular weight excluding hydrogens is 314 g/mol. The fourth-order valence-corrected chi connectivity index (χ4v) is 2.32. The summed E-state index contributed by atoms with van der Waals surface area (Å²) in [6, 6.07) is 3.04. The van der Waals surface area contributed by atoms with Crippen LogP contribution >= 0.6 is 22.9 Å². The normalized spacial score (nSPS) is 11.8. The monoisotopic (exact) mass is 325 g/mol. The second kappa shape index (κ2) is 6.64. The summed E-state index contributed by atoms with van der Waals surface area (Å²) in [6.07, 6.45) is 0.484. The Morgan fingerprint density at radius 3 is 2.86 bits per heavy atom. The molecule has 1 N–H and O–H groups in total. The molecule has 0 aromatic carbocycles. The Bertz CT molecular complexity index is 674. The zero-order chi connectivity index (χ0) is 15.4. The second-order valence-electron chi connectivity index (χ2n) is 4.17. The first-order valence-electron chi connectivity index (χ1n) is 6.02. The molecule has 2 rings (SSSR count). The molecule has 110 valence electrons. The molecular formula is C13H12ClN3O3S. The van der Waals surface area contributed by atoms with E-state index >= 15 is 0 Å². The van der Waals surface area contributed by atoms with Crippen LogP contribution in [0, 0.1) is 6.92 Å². The fraction of sp³-hybridized carbons (Fsp3) is 0.231. The number of nitrogens with one attached hydrogen (secondary N) is 1.